The number of aromatic nitrogens is 2. The molecule has 2 N–H and O–H groups in total. The predicted molar refractivity (Wildman–Crippen MR) is 103 cm³/mol. The van der Waals surface area contributed by atoms with Crippen LogP contribution in [0.25, 0.3) is 0 Å². The van der Waals surface area contributed by atoms with Crippen LogP contribution in [0.5, 0.6) is 5.75 Å². The van der Waals surface area contributed by atoms with Crippen molar-refractivity contribution in [1.82, 2.24) is 21.0 Å². The van der Waals surface area contributed by atoms with Gasteiger partial charge in [0.25, 0.3) is 11.1 Å². The number of nitrogens with one attached hydrogen (secondary N) is 2. The molecule has 0 unspecified atom stereocenters. The summed E-state index contributed by atoms with van der Waals surface area (Å²) >= 11 is 1.09. The first-order chi connectivity index (χ1) is 13.6. The summed E-state index contributed by atoms with van der Waals surface area (Å²) < 4.78 is 10.7. The number of carbonyl (C=O) groups is 2. The number of thioether (sulfide) groups is 1. The number of hydrazine groups is 1. The molecule has 0 spiro atoms. The highest BCUT2D eigenvalue weighted by Crippen LogP contribution is 2.18. The van der Waals surface area contributed by atoms with Crippen LogP contribution in [0.1, 0.15) is 21.8 Å². The lowest BCUT2D eigenvalue weighted by Gasteiger charge is -2.06. The zero-order valence-electron chi connectivity index (χ0n) is 15.0. The molecule has 3 rings (SSSR count). The molecule has 9 heteroatoms. The molecule has 144 valence electrons. The number of amides is 2. The number of benzene rings is 2. The lowest BCUT2D eigenvalue weighted by Crippen LogP contribution is -2.42. The van der Waals surface area contributed by atoms with Gasteiger partial charge in [-0.25, -0.2) is 0 Å². The average molecular weight is 398 g/mol. The zero-order chi connectivity index (χ0) is 19.8. The zero-order valence-corrected chi connectivity index (χ0v) is 15.9. The van der Waals surface area contributed by atoms with Gasteiger partial charge in [0.05, 0.1) is 19.3 Å². The summed E-state index contributed by atoms with van der Waals surface area (Å²) in [4.78, 5) is 23.7. The van der Waals surface area contributed by atoms with Gasteiger partial charge in [-0.15, -0.1) is 10.2 Å². The summed E-state index contributed by atoms with van der Waals surface area (Å²) in [5, 5.41) is 8.18. The number of rotatable bonds is 7. The van der Waals surface area contributed by atoms with Gasteiger partial charge in [-0.05, 0) is 29.8 Å². The van der Waals surface area contributed by atoms with Crippen LogP contribution in [0.4, 0.5) is 0 Å². The van der Waals surface area contributed by atoms with E-state index >= 15 is 0 Å². The van der Waals surface area contributed by atoms with E-state index in [1.807, 2.05) is 24.3 Å². The summed E-state index contributed by atoms with van der Waals surface area (Å²) in [6.45, 7) is 0. The molecule has 1 aromatic heterocycles. The minimum atomic E-state index is -0.390. The fourth-order valence-electron chi connectivity index (χ4n) is 2.24. The highest BCUT2D eigenvalue weighted by Gasteiger charge is 2.11. The van der Waals surface area contributed by atoms with E-state index in [1.54, 1.807) is 37.4 Å². The molecule has 0 atom stereocenters. The van der Waals surface area contributed by atoms with Crippen molar-refractivity contribution in [2.45, 2.75) is 11.6 Å². The molecule has 0 aliphatic heterocycles. The molecular formula is C19H18N4O4S. The number of ether oxygens (including phenoxy) is 1. The second-order valence-corrected chi connectivity index (χ2v) is 6.57. The second-order valence-electron chi connectivity index (χ2n) is 5.64. The van der Waals surface area contributed by atoms with Gasteiger partial charge in [-0.3, -0.25) is 20.4 Å². The Morgan fingerprint density at radius 2 is 1.79 bits per heavy atom. The molecule has 3 aromatic rings. The standard InChI is InChI=1S/C19H18N4O4S/c1-26-15-9-7-13(8-10-15)11-17-21-23-19(27-17)28-12-16(24)20-22-18(25)14-5-3-2-4-6-14/h2-10H,11-12H2,1H3,(H,20,24)(H,22,25). The van der Waals surface area contributed by atoms with Crippen LogP contribution in [0.15, 0.2) is 64.2 Å². The van der Waals surface area contributed by atoms with Gasteiger partial charge in [0.2, 0.25) is 11.8 Å². The van der Waals surface area contributed by atoms with Crippen LogP contribution >= 0.6 is 11.8 Å². The van der Waals surface area contributed by atoms with Crippen LogP contribution in [0, 0.1) is 0 Å². The van der Waals surface area contributed by atoms with Crippen molar-refractivity contribution in [3.8, 4) is 5.75 Å². The number of nitrogens with zero attached hydrogens (tertiary/aromatic N) is 2. The van der Waals surface area contributed by atoms with Gasteiger partial charge in [-0.1, -0.05) is 42.1 Å². The second kappa shape index (κ2) is 9.56. The average Bonchev–Trinajstić information content (AvgIpc) is 3.19. The summed E-state index contributed by atoms with van der Waals surface area (Å²) in [5.74, 6) is 0.475. The molecular weight excluding hydrogens is 380 g/mol. The third-order valence-electron chi connectivity index (χ3n) is 3.64. The fourth-order valence-corrected chi connectivity index (χ4v) is 2.82. The summed E-state index contributed by atoms with van der Waals surface area (Å²) in [5.41, 5.74) is 6.16. The third-order valence-corrected chi connectivity index (χ3v) is 4.46. The van der Waals surface area contributed by atoms with Crippen molar-refractivity contribution in [3.63, 3.8) is 0 Å². The van der Waals surface area contributed by atoms with E-state index in [0.717, 1.165) is 23.1 Å². The Morgan fingerprint density at radius 1 is 1.04 bits per heavy atom. The molecule has 28 heavy (non-hydrogen) atoms. The first-order valence-electron chi connectivity index (χ1n) is 8.36. The van der Waals surface area contributed by atoms with Crippen LogP contribution in [-0.4, -0.2) is 34.9 Å². The molecule has 0 bridgehead atoms. The van der Waals surface area contributed by atoms with E-state index in [1.165, 1.54) is 0 Å². The highest BCUT2D eigenvalue weighted by atomic mass is 32.2. The van der Waals surface area contributed by atoms with Gasteiger partial charge in [0.15, 0.2) is 0 Å². The van der Waals surface area contributed by atoms with Crippen LogP contribution in [-0.2, 0) is 11.2 Å². The van der Waals surface area contributed by atoms with E-state index in [4.69, 9.17) is 9.15 Å². The van der Waals surface area contributed by atoms with Crippen molar-refractivity contribution in [2.24, 2.45) is 0 Å². The van der Waals surface area contributed by atoms with Crippen molar-refractivity contribution in [2.75, 3.05) is 12.9 Å². The molecule has 0 radical (unpaired) electrons. The molecule has 2 amide bonds. The third kappa shape index (κ3) is 5.58. The first kappa shape index (κ1) is 19.4. The first-order valence-corrected chi connectivity index (χ1v) is 9.35. The normalized spacial score (nSPS) is 10.3. The molecule has 1 heterocycles. The van der Waals surface area contributed by atoms with Crippen LogP contribution in [0.2, 0.25) is 0 Å². The smallest absolute Gasteiger partial charge is 0.277 e. The molecule has 0 aliphatic carbocycles. The molecule has 0 saturated carbocycles. The molecule has 0 fully saturated rings. The van der Waals surface area contributed by atoms with Crippen LogP contribution in [0.3, 0.4) is 0 Å². The number of hydrogen-bond donors (Lipinski definition) is 2. The minimum Gasteiger partial charge on any atom is -0.497 e. The van der Waals surface area contributed by atoms with Gasteiger partial charge < -0.3 is 9.15 Å². The van der Waals surface area contributed by atoms with Gasteiger partial charge in [0.1, 0.15) is 5.75 Å². The predicted octanol–water partition coefficient (Wildman–Crippen LogP) is 2.22. The maximum absolute atomic E-state index is 11.9. The molecule has 2 aromatic carbocycles. The summed E-state index contributed by atoms with van der Waals surface area (Å²) in [7, 11) is 1.61. The van der Waals surface area contributed by atoms with E-state index in [-0.39, 0.29) is 16.9 Å². The van der Waals surface area contributed by atoms with Gasteiger partial charge in [0, 0.05) is 5.56 Å². The van der Waals surface area contributed by atoms with Crippen molar-refractivity contribution < 1.29 is 18.7 Å². The topological polar surface area (TPSA) is 106 Å². The number of methoxy groups -OCH3 is 1. The molecule has 0 aliphatic rings. The van der Waals surface area contributed by atoms with Crippen molar-refractivity contribution >= 4 is 23.6 Å². The minimum absolute atomic E-state index is 0.0270. The Hall–Kier alpha value is -3.33. The molecule has 8 nitrogen and oxygen atoms in total. The van der Waals surface area contributed by atoms with E-state index in [0.29, 0.717) is 17.9 Å². The lowest BCUT2D eigenvalue weighted by atomic mass is 10.1. The monoisotopic (exact) mass is 398 g/mol. The Morgan fingerprint density at radius 3 is 2.50 bits per heavy atom. The van der Waals surface area contributed by atoms with Crippen molar-refractivity contribution in [1.29, 1.82) is 0 Å². The summed E-state index contributed by atoms with van der Waals surface area (Å²) in [6, 6.07) is 16.1. The molecule has 0 saturated heterocycles. The lowest BCUT2D eigenvalue weighted by molar-refractivity contribution is -0.119. The highest BCUT2D eigenvalue weighted by molar-refractivity contribution is 7.99. The maximum Gasteiger partial charge on any atom is 0.277 e. The van der Waals surface area contributed by atoms with E-state index < -0.39 is 5.91 Å². The Bertz CT molecular complexity index is 929. The van der Waals surface area contributed by atoms with Crippen LogP contribution < -0.4 is 15.6 Å². The Kier molecular flexibility index (Phi) is 6.64. The quantitative estimate of drug-likeness (QED) is 0.464. The Balaban J connectivity index is 1.43. The van der Waals surface area contributed by atoms with Gasteiger partial charge >= 0.3 is 0 Å². The number of carbonyl (C=O) groups excluding carboxylic acids is 2. The Labute approximate surface area is 165 Å². The summed E-state index contributed by atoms with van der Waals surface area (Å²) in [6.07, 6.45) is 0.483. The maximum atomic E-state index is 11.9. The fraction of sp³-hybridized carbons (Fsp3) is 0.158. The van der Waals surface area contributed by atoms with Gasteiger partial charge in [-0.2, -0.15) is 0 Å². The largest absolute Gasteiger partial charge is 0.497 e. The SMILES string of the molecule is COc1ccc(Cc2nnc(SCC(=O)NNC(=O)c3ccccc3)o2)cc1. The number of hydrogen-bond acceptors (Lipinski definition) is 7. The van der Waals surface area contributed by atoms with E-state index in [9.17, 15) is 9.59 Å². The van der Waals surface area contributed by atoms with E-state index in [2.05, 4.69) is 21.0 Å². The van der Waals surface area contributed by atoms with Crippen molar-refractivity contribution in [3.05, 3.63) is 71.6 Å².